The summed E-state index contributed by atoms with van der Waals surface area (Å²) in [5.74, 6) is 1.13. The van der Waals surface area contributed by atoms with Crippen molar-refractivity contribution in [2.24, 2.45) is 0 Å². The molecular weight excluding hydrogens is 192 g/mol. The minimum absolute atomic E-state index is 0.530. The monoisotopic (exact) mass is 212 g/mol. The summed E-state index contributed by atoms with van der Waals surface area (Å²) in [7, 11) is 1.99. The topological polar surface area (TPSA) is 24.9 Å². The molecule has 0 amide bonds. The third-order valence-corrected chi connectivity index (χ3v) is 3.68. The van der Waals surface area contributed by atoms with Crippen LogP contribution in [-0.4, -0.2) is 18.6 Å². The van der Waals surface area contributed by atoms with Gasteiger partial charge in [-0.3, -0.25) is 0 Å². The van der Waals surface area contributed by atoms with Gasteiger partial charge in [0.1, 0.15) is 0 Å². The van der Waals surface area contributed by atoms with E-state index in [0.717, 1.165) is 6.54 Å². The van der Waals surface area contributed by atoms with Gasteiger partial charge >= 0.3 is 0 Å². The van der Waals surface area contributed by atoms with Gasteiger partial charge in [0.2, 0.25) is 0 Å². The highest BCUT2D eigenvalue weighted by molar-refractivity contribution is 7.09. The molecule has 0 saturated heterocycles. The van der Waals surface area contributed by atoms with Crippen LogP contribution >= 0.6 is 11.3 Å². The first kappa shape index (κ1) is 11.7. The normalized spacial score (nSPS) is 15.4. The van der Waals surface area contributed by atoms with Gasteiger partial charge in [-0.2, -0.15) is 0 Å². The number of thiazole rings is 1. The molecule has 0 fully saturated rings. The van der Waals surface area contributed by atoms with Crippen LogP contribution in [0.1, 0.15) is 49.7 Å². The van der Waals surface area contributed by atoms with E-state index in [9.17, 15) is 0 Å². The first-order valence-corrected chi connectivity index (χ1v) is 6.16. The van der Waals surface area contributed by atoms with Gasteiger partial charge in [-0.15, -0.1) is 11.3 Å². The van der Waals surface area contributed by atoms with Crippen molar-refractivity contribution in [2.75, 3.05) is 13.6 Å². The van der Waals surface area contributed by atoms with Crippen molar-refractivity contribution in [1.82, 2.24) is 10.3 Å². The molecule has 2 atom stereocenters. The van der Waals surface area contributed by atoms with Crippen LogP contribution in [-0.2, 0) is 0 Å². The van der Waals surface area contributed by atoms with E-state index in [0.29, 0.717) is 11.8 Å². The van der Waals surface area contributed by atoms with Gasteiger partial charge < -0.3 is 5.32 Å². The van der Waals surface area contributed by atoms with Gasteiger partial charge in [0, 0.05) is 17.8 Å². The maximum Gasteiger partial charge on any atom is 0.0969 e. The standard InChI is InChI=1S/C11H20N2S/c1-5-8(2)10-7-14-11(13-10)9(3)6-12-4/h7-9,12H,5-6H2,1-4H3. The summed E-state index contributed by atoms with van der Waals surface area (Å²) in [6, 6.07) is 0. The number of aromatic nitrogens is 1. The molecule has 14 heavy (non-hydrogen) atoms. The molecule has 3 heteroatoms. The molecule has 0 aliphatic heterocycles. The van der Waals surface area contributed by atoms with Crippen molar-refractivity contribution < 1.29 is 0 Å². The minimum Gasteiger partial charge on any atom is -0.319 e. The SMILES string of the molecule is CCC(C)c1csc(C(C)CNC)n1. The second kappa shape index (κ2) is 5.47. The zero-order valence-electron chi connectivity index (χ0n) is 9.50. The Labute approximate surface area is 90.8 Å². The maximum absolute atomic E-state index is 4.68. The molecule has 0 spiro atoms. The summed E-state index contributed by atoms with van der Waals surface area (Å²) in [5.41, 5.74) is 1.26. The quantitative estimate of drug-likeness (QED) is 0.811. The predicted molar refractivity (Wildman–Crippen MR) is 63.2 cm³/mol. The lowest BCUT2D eigenvalue weighted by atomic mass is 10.1. The van der Waals surface area contributed by atoms with Gasteiger partial charge in [0.25, 0.3) is 0 Å². The van der Waals surface area contributed by atoms with Crippen molar-refractivity contribution in [3.05, 3.63) is 16.1 Å². The molecule has 1 rings (SSSR count). The summed E-state index contributed by atoms with van der Waals surface area (Å²) >= 11 is 1.79. The lowest BCUT2D eigenvalue weighted by Crippen LogP contribution is -2.14. The van der Waals surface area contributed by atoms with E-state index in [-0.39, 0.29) is 0 Å². The largest absolute Gasteiger partial charge is 0.319 e. The Morgan fingerprint density at radius 2 is 2.14 bits per heavy atom. The van der Waals surface area contributed by atoms with Crippen LogP contribution in [0.4, 0.5) is 0 Å². The molecular formula is C11H20N2S. The number of hydrogen-bond acceptors (Lipinski definition) is 3. The number of hydrogen-bond donors (Lipinski definition) is 1. The first-order chi connectivity index (χ1) is 6.69. The number of nitrogens with one attached hydrogen (secondary N) is 1. The van der Waals surface area contributed by atoms with Gasteiger partial charge in [0.05, 0.1) is 10.7 Å². The zero-order valence-corrected chi connectivity index (χ0v) is 10.3. The number of nitrogens with zero attached hydrogens (tertiary/aromatic N) is 1. The van der Waals surface area contributed by atoms with Crippen molar-refractivity contribution in [3.63, 3.8) is 0 Å². The zero-order chi connectivity index (χ0) is 10.6. The van der Waals surface area contributed by atoms with Crippen molar-refractivity contribution >= 4 is 11.3 Å². The lowest BCUT2D eigenvalue weighted by Gasteiger charge is -2.07. The summed E-state index contributed by atoms with van der Waals surface area (Å²) in [4.78, 5) is 4.68. The second-order valence-corrected chi connectivity index (χ2v) is 4.77. The highest BCUT2D eigenvalue weighted by Gasteiger charge is 2.12. The molecule has 1 aromatic heterocycles. The summed E-state index contributed by atoms with van der Waals surface area (Å²) in [6.45, 7) is 7.67. The average molecular weight is 212 g/mol. The molecule has 1 N–H and O–H groups in total. The minimum atomic E-state index is 0.530. The molecule has 0 aromatic carbocycles. The van der Waals surface area contributed by atoms with E-state index in [1.54, 1.807) is 11.3 Å². The molecule has 0 aliphatic carbocycles. The lowest BCUT2D eigenvalue weighted by molar-refractivity contribution is 0.659. The number of likely N-dealkylation sites (N-methyl/N-ethyl adjacent to an activating group) is 1. The highest BCUT2D eigenvalue weighted by atomic mass is 32.1. The molecule has 2 nitrogen and oxygen atoms in total. The molecule has 0 bridgehead atoms. The van der Waals surface area contributed by atoms with Crippen molar-refractivity contribution in [1.29, 1.82) is 0 Å². The van der Waals surface area contributed by atoms with E-state index in [1.807, 2.05) is 7.05 Å². The number of rotatable bonds is 5. The van der Waals surface area contributed by atoms with Crippen LogP contribution in [0.3, 0.4) is 0 Å². The Hall–Kier alpha value is -0.410. The van der Waals surface area contributed by atoms with Crippen LogP contribution in [0.25, 0.3) is 0 Å². The first-order valence-electron chi connectivity index (χ1n) is 5.28. The van der Waals surface area contributed by atoms with Crippen LogP contribution in [0, 0.1) is 0 Å². The Morgan fingerprint density at radius 1 is 1.43 bits per heavy atom. The smallest absolute Gasteiger partial charge is 0.0969 e. The van der Waals surface area contributed by atoms with Crippen molar-refractivity contribution in [2.45, 2.75) is 39.0 Å². The van der Waals surface area contributed by atoms with Crippen LogP contribution in [0.2, 0.25) is 0 Å². The average Bonchev–Trinajstić information content (AvgIpc) is 2.66. The fourth-order valence-electron chi connectivity index (χ4n) is 1.36. The van der Waals surface area contributed by atoms with Gasteiger partial charge in [-0.05, 0) is 19.4 Å². The fraction of sp³-hybridized carbons (Fsp3) is 0.727. The Morgan fingerprint density at radius 3 is 2.71 bits per heavy atom. The van der Waals surface area contributed by atoms with E-state index < -0.39 is 0 Å². The van der Waals surface area contributed by atoms with Gasteiger partial charge in [0.15, 0.2) is 0 Å². The van der Waals surface area contributed by atoms with E-state index >= 15 is 0 Å². The van der Waals surface area contributed by atoms with Crippen molar-refractivity contribution in [3.8, 4) is 0 Å². The highest BCUT2D eigenvalue weighted by Crippen LogP contribution is 2.25. The van der Waals surface area contributed by atoms with Crippen LogP contribution in [0.5, 0.6) is 0 Å². The second-order valence-electron chi connectivity index (χ2n) is 3.88. The molecule has 2 unspecified atom stereocenters. The summed E-state index contributed by atoms with van der Waals surface area (Å²) in [5, 5.41) is 6.65. The van der Waals surface area contributed by atoms with E-state index in [2.05, 4.69) is 36.5 Å². The molecule has 0 saturated carbocycles. The van der Waals surface area contributed by atoms with E-state index in [1.165, 1.54) is 17.1 Å². The molecule has 1 heterocycles. The van der Waals surface area contributed by atoms with E-state index in [4.69, 9.17) is 0 Å². The fourth-order valence-corrected chi connectivity index (χ4v) is 2.36. The third kappa shape index (κ3) is 2.79. The van der Waals surface area contributed by atoms with Crippen LogP contribution in [0.15, 0.2) is 5.38 Å². The third-order valence-electron chi connectivity index (χ3n) is 2.59. The summed E-state index contributed by atoms with van der Waals surface area (Å²) in [6.07, 6.45) is 1.17. The Balaban J connectivity index is 2.67. The Bertz CT molecular complexity index is 270. The Kier molecular flexibility index (Phi) is 4.55. The molecule has 1 aromatic rings. The summed E-state index contributed by atoms with van der Waals surface area (Å²) < 4.78 is 0. The molecule has 0 aliphatic rings. The predicted octanol–water partition coefficient (Wildman–Crippen LogP) is 2.98. The van der Waals surface area contributed by atoms with Crippen LogP contribution < -0.4 is 5.32 Å². The molecule has 80 valence electrons. The van der Waals surface area contributed by atoms with Gasteiger partial charge in [-0.1, -0.05) is 20.8 Å². The molecule has 0 radical (unpaired) electrons. The van der Waals surface area contributed by atoms with Gasteiger partial charge in [-0.25, -0.2) is 4.98 Å². The maximum atomic E-state index is 4.68.